The molecule has 4 rings (SSSR count). The number of halogens is 1. The molecule has 3 aliphatic heterocycles. The molecule has 3 aliphatic rings. The molecular weight excluding hydrogens is 369 g/mol. The van der Waals surface area contributed by atoms with Gasteiger partial charge in [-0.25, -0.2) is 9.18 Å². The molecule has 1 aromatic carbocycles. The van der Waals surface area contributed by atoms with Gasteiger partial charge in [-0.2, -0.15) is 0 Å². The van der Waals surface area contributed by atoms with Crippen LogP contribution in [0.3, 0.4) is 0 Å². The number of anilines is 1. The summed E-state index contributed by atoms with van der Waals surface area (Å²) < 4.78 is 18.5. The summed E-state index contributed by atoms with van der Waals surface area (Å²) in [6, 6.07) is 8.37. The number of ether oxygens (including phenoxy) is 1. The van der Waals surface area contributed by atoms with E-state index < -0.39 is 0 Å². The van der Waals surface area contributed by atoms with Crippen molar-refractivity contribution in [2.75, 3.05) is 25.0 Å². The number of benzene rings is 1. The predicted octanol–water partition coefficient (Wildman–Crippen LogP) is 4.63. The van der Waals surface area contributed by atoms with Gasteiger partial charge in [0.1, 0.15) is 5.82 Å². The summed E-state index contributed by atoms with van der Waals surface area (Å²) in [5, 5.41) is 3.58. The number of carbonyl (C=O) groups is 1. The van der Waals surface area contributed by atoms with Crippen molar-refractivity contribution in [1.82, 2.24) is 9.80 Å². The van der Waals surface area contributed by atoms with Crippen LogP contribution in [0.5, 0.6) is 0 Å². The van der Waals surface area contributed by atoms with Crippen molar-refractivity contribution in [1.29, 1.82) is 0 Å². The lowest BCUT2D eigenvalue weighted by Crippen LogP contribution is -2.42. The minimum Gasteiger partial charge on any atom is -0.450 e. The maximum atomic E-state index is 13.1. The molecule has 6 heteroatoms. The number of amides is 1. The van der Waals surface area contributed by atoms with Crippen LogP contribution >= 0.6 is 0 Å². The Morgan fingerprint density at radius 1 is 1.03 bits per heavy atom. The smallest absolute Gasteiger partial charge is 0.410 e. The van der Waals surface area contributed by atoms with Gasteiger partial charge >= 0.3 is 6.09 Å². The molecule has 160 valence electrons. The molecule has 29 heavy (non-hydrogen) atoms. The van der Waals surface area contributed by atoms with Gasteiger partial charge in [-0.3, -0.25) is 0 Å². The van der Waals surface area contributed by atoms with Gasteiger partial charge in [0.2, 0.25) is 0 Å². The van der Waals surface area contributed by atoms with Crippen LogP contribution in [0.2, 0.25) is 0 Å². The second kappa shape index (κ2) is 9.33. The number of rotatable bonds is 4. The highest BCUT2D eigenvalue weighted by Gasteiger charge is 2.42. The van der Waals surface area contributed by atoms with Crippen LogP contribution in [0.15, 0.2) is 24.3 Å². The monoisotopic (exact) mass is 403 g/mol. The highest BCUT2D eigenvalue weighted by molar-refractivity contribution is 5.69. The van der Waals surface area contributed by atoms with Crippen LogP contribution in [0.25, 0.3) is 0 Å². The van der Waals surface area contributed by atoms with E-state index >= 15 is 0 Å². The van der Waals surface area contributed by atoms with Crippen LogP contribution in [-0.2, 0) is 4.74 Å². The average molecular weight is 404 g/mol. The van der Waals surface area contributed by atoms with Crippen LogP contribution in [0.4, 0.5) is 14.9 Å². The number of carbonyl (C=O) groups excluding carboxylic acids is 1. The molecule has 3 saturated heterocycles. The van der Waals surface area contributed by atoms with Crippen molar-refractivity contribution in [3.63, 3.8) is 0 Å². The first-order valence-corrected chi connectivity index (χ1v) is 11.3. The Kier molecular flexibility index (Phi) is 6.58. The van der Waals surface area contributed by atoms with E-state index in [1.165, 1.54) is 25.0 Å². The molecule has 4 atom stereocenters. The molecule has 0 radical (unpaired) electrons. The summed E-state index contributed by atoms with van der Waals surface area (Å²) >= 11 is 0. The summed E-state index contributed by atoms with van der Waals surface area (Å²) in [5.41, 5.74) is 1.00. The first-order chi connectivity index (χ1) is 14.1. The maximum absolute atomic E-state index is 13.1. The van der Waals surface area contributed by atoms with E-state index in [4.69, 9.17) is 4.74 Å². The average Bonchev–Trinajstić information content (AvgIpc) is 2.85. The number of fused-ring (bicyclic) bond motifs is 2. The van der Waals surface area contributed by atoms with Crippen molar-refractivity contribution < 1.29 is 13.9 Å². The third-order valence-corrected chi connectivity index (χ3v) is 6.97. The Morgan fingerprint density at radius 3 is 2.52 bits per heavy atom. The third-order valence-electron chi connectivity index (χ3n) is 6.97. The molecule has 2 bridgehead atoms. The van der Waals surface area contributed by atoms with E-state index in [2.05, 4.69) is 15.1 Å². The van der Waals surface area contributed by atoms with E-state index in [9.17, 15) is 9.18 Å². The summed E-state index contributed by atoms with van der Waals surface area (Å²) in [4.78, 5) is 17.2. The van der Waals surface area contributed by atoms with Gasteiger partial charge in [0.15, 0.2) is 0 Å². The quantitative estimate of drug-likeness (QED) is 0.796. The molecule has 3 fully saturated rings. The fourth-order valence-electron chi connectivity index (χ4n) is 5.53. The minimum absolute atomic E-state index is 0.111. The molecule has 3 heterocycles. The van der Waals surface area contributed by atoms with Gasteiger partial charge in [-0.15, -0.1) is 0 Å². The lowest BCUT2D eigenvalue weighted by Gasteiger charge is -2.32. The molecule has 1 amide bonds. The maximum Gasteiger partial charge on any atom is 0.410 e. The number of hydrogen-bond acceptors (Lipinski definition) is 4. The Morgan fingerprint density at radius 2 is 1.76 bits per heavy atom. The van der Waals surface area contributed by atoms with E-state index in [0.717, 1.165) is 57.3 Å². The molecular formula is C23H34FN3O2. The molecule has 0 aromatic heterocycles. The second-order valence-corrected chi connectivity index (χ2v) is 8.77. The molecule has 1 aromatic rings. The molecule has 0 spiro atoms. The Balaban J connectivity index is 1.33. The van der Waals surface area contributed by atoms with Crippen molar-refractivity contribution in [3.8, 4) is 0 Å². The van der Waals surface area contributed by atoms with Gasteiger partial charge in [0, 0.05) is 36.4 Å². The van der Waals surface area contributed by atoms with Crippen LogP contribution in [0, 0.1) is 5.82 Å². The number of likely N-dealkylation sites (tertiary alicyclic amines) is 1. The summed E-state index contributed by atoms with van der Waals surface area (Å²) in [7, 11) is 0. The highest BCUT2D eigenvalue weighted by atomic mass is 19.1. The van der Waals surface area contributed by atoms with Gasteiger partial charge < -0.3 is 19.9 Å². The zero-order valence-corrected chi connectivity index (χ0v) is 17.5. The molecule has 4 unspecified atom stereocenters. The van der Waals surface area contributed by atoms with Gasteiger partial charge in [-0.05, 0) is 89.1 Å². The molecule has 0 saturated carbocycles. The van der Waals surface area contributed by atoms with Crippen molar-refractivity contribution in [2.45, 2.75) is 82.5 Å². The second-order valence-electron chi connectivity index (χ2n) is 8.77. The van der Waals surface area contributed by atoms with Gasteiger partial charge in [-0.1, -0.05) is 0 Å². The standard InChI is InChI=1S/C23H34FN3O2/c1-2-29-23(28)27-20-9-11-21(16-22(27)12-10-20)26-14-3-4-18(13-15-26)25-19-7-5-17(24)6-8-19/h5-8,18,20-22,25H,2-4,9-16H2,1H3. The topological polar surface area (TPSA) is 44.8 Å². The number of nitrogens with one attached hydrogen (secondary N) is 1. The van der Waals surface area contributed by atoms with E-state index in [-0.39, 0.29) is 11.9 Å². The third kappa shape index (κ3) is 4.85. The zero-order chi connectivity index (χ0) is 20.2. The first-order valence-electron chi connectivity index (χ1n) is 11.3. The summed E-state index contributed by atoms with van der Waals surface area (Å²) in [6.45, 7) is 4.55. The first kappa shape index (κ1) is 20.5. The van der Waals surface area contributed by atoms with Crippen molar-refractivity contribution in [2.24, 2.45) is 0 Å². The fraction of sp³-hybridized carbons (Fsp3) is 0.696. The number of hydrogen-bond donors (Lipinski definition) is 1. The van der Waals surface area contributed by atoms with Crippen molar-refractivity contribution >= 4 is 11.8 Å². The molecule has 0 aliphatic carbocycles. The summed E-state index contributed by atoms with van der Waals surface area (Å²) in [6.07, 6.45) is 8.88. The van der Waals surface area contributed by atoms with Crippen LogP contribution in [0.1, 0.15) is 58.3 Å². The fourth-order valence-corrected chi connectivity index (χ4v) is 5.53. The van der Waals surface area contributed by atoms with Gasteiger partial charge in [0.25, 0.3) is 0 Å². The lowest BCUT2D eigenvalue weighted by molar-refractivity contribution is 0.0863. The van der Waals surface area contributed by atoms with E-state index in [1.54, 1.807) is 0 Å². The van der Waals surface area contributed by atoms with Crippen LogP contribution in [-0.4, -0.2) is 59.8 Å². The largest absolute Gasteiger partial charge is 0.450 e. The Hall–Kier alpha value is -1.82. The van der Waals surface area contributed by atoms with Crippen molar-refractivity contribution in [3.05, 3.63) is 30.1 Å². The van der Waals surface area contributed by atoms with Crippen LogP contribution < -0.4 is 5.32 Å². The Labute approximate surface area is 173 Å². The molecule has 1 N–H and O–H groups in total. The minimum atomic E-state index is -0.192. The predicted molar refractivity (Wildman–Crippen MR) is 113 cm³/mol. The Bertz CT molecular complexity index is 683. The highest BCUT2D eigenvalue weighted by Crippen LogP contribution is 2.37. The zero-order valence-electron chi connectivity index (χ0n) is 17.5. The number of nitrogens with zero attached hydrogens (tertiary/aromatic N) is 2. The molecule has 5 nitrogen and oxygen atoms in total. The van der Waals surface area contributed by atoms with Gasteiger partial charge in [0.05, 0.1) is 6.61 Å². The summed E-state index contributed by atoms with van der Waals surface area (Å²) in [5.74, 6) is -0.192. The normalized spacial score (nSPS) is 30.5. The van der Waals surface area contributed by atoms with E-state index in [0.29, 0.717) is 30.8 Å². The lowest BCUT2D eigenvalue weighted by atomic mass is 9.95. The SMILES string of the molecule is CCOC(=O)N1C2CCC(N3CCCC(Nc4ccc(F)cc4)CC3)CC1CC2. The van der Waals surface area contributed by atoms with E-state index in [1.807, 2.05) is 19.1 Å².